The van der Waals surface area contributed by atoms with E-state index in [1.165, 1.54) is 18.6 Å². The molecule has 0 atom stereocenters. The van der Waals surface area contributed by atoms with Gasteiger partial charge in [-0.2, -0.15) is 0 Å². The van der Waals surface area contributed by atoms with E-state index in [1.54, 1.807) is 30.5 Å². The topological polar surface area (TPSA) is 114 Å². The Labute approximate surface area is 188 Å². The first-order valence-electron chi connectivity index (χ1n) is 10.6. The van der Waals surface area contributed by atoms with Gasteiger partial charge < -0.3 is 9.84 Å². The lowest BCUT2D eigenvalue weighted by molar-refractivity contribution is -0.144. The van der Waals surface area contributed by atoms with Crippen molar-refractivity contribution in [2.24, 2.45) is 0 Å². The number of rotatable bonds is 4. The fourth-order valence-corrected chi connectivity index (χ4v) is 4.50. The van der Waals surface area contributed by atoms with Gasteiger partial charge in [-0.25, -0.2) is 19.2 Å². The van der Waals surface area contributed by atoms with Crippen LogP contribution in [-0.4, -0.2) is 37.5 Å². The number of benzene rings is 1. The van der Waals surface area contributed by atoms with E-state index < -0.39 is 29.8 Å². The summed E-state index contributed by atoms with van der Waals surface area (Å²) in [5.74, 6) is -0.981. The highest BCUT2D eigenvalue weighted by Crippen LogP contribution is 2.49. The molecule has 8 nitrogen and oxygen atoms in total. The van der Waals surface area contributed by atoms with Gasteiger partial charge in [-0.3, -0.25) is 15.1 Å². The Balaban J connectivity index is 1.27. The molecule has 9 heteroatoms. The lowest BCUT2D eigenvalue weighted by atomic mass is 9.72. The molecule has 1 saturated carbocycles. The summed E-state index contributed by atoms with van der Waals surface area (Å²) in [5, 5.41) is 13.6. The van der Waals surface area contributed by atoms with E-state index >= 15 is 0 Å². The van der Waals surface area contributed by atoms with E-state index in [2.05, 4.69) is 20.3 Å². The van der Waals surface area contributed by atoms with Crippen LogP contribution >= 0.6 is 0 Å². The number of aliphatic hydroxyl groups is 1. The molecule has 5 rings (SSSR count). The highest BCUT2D eigenvalue weighted by Gasteiger charge is 2.53. The van der Waals surface area contributed by atoms with Gasteiger partial charge in [-0.15, -0.1) is 0 Å². The molecule has 168 valence electrons. The van der Waals surface area contributed by atoms with E-state index in [1.807, 2.05) is 6.07 Å². The minimum atomic E-state index is -1.63. The normalized spacial score (nSPS) is 23.8. The Morgan fingerprint density at radius 2 is 1.85 bits per heavy atom. The second-order valence-corrected chi connectivity index (χ2v) is 8.42. The lowest BCUT2D eigenvalue weighted by Crippen LogP contribution is -2.49. The van der Waals surface area contributed by atoms with Crippen molar-refractivity contribution in [1.29, 1.82) is 0 Å². The zero-order valence-corrected chi connectivity index (χ0v) is 17.6. The number of halogens is 1. The highest BCUT2D eigenvalue weighted by atomic mass is 19.1. The Bertz CT molecular complexity index is 1220. The Morgan fingerprint density at radius 1 is 1.09 bits per heavy atom. The molecule has 0 unspecified atom stereocenters. The molecule has 0 bridgehead atoms. The Hall–Kier alpha value is -3.72. The predicted molar refractivity (Wildman–Crippen MR) is 116 cm³/mol. The molecule has 2 aromatic heterocycles. The second kappa shape index (κ2) is 8.00. The number of carbonyl (C=O) groups is 2. The molecule has 1 aliphatic heterocycles. The lowest BCUT2D eigenvalue weighted by Gasteiger charge is -2.40. The van der Waals surface area contributed by atoms with Crippen LogP contribution in [0, 0.1) is 0 Å². The summed E-state index contributed by atoms with van der Waals surface area (Å²) in [6, 6.07) is 8.73. The van der Waals surface area contributed by atoms with Gasteiger partial charge in [0.15, 0.2) is 0 Å². The first-order chi connectivity index (χ1) is 15.9. The van der Waals surface area contributed by atoms with Gasteiger partial charge in [0.1, 0.15) is 17.9 Å². The molecule has 1 spiro atoms. The zero-order valence-electron chi connectivity index (χ0n) is 17.6. The quantitative estimate of drug-likeness (QED) is 0.589. The molecule has 2 aliphatic rings. The molecular formula is C24H21FN4O4. The minimum Gasteiger partial charge on any atom is -0.450 e. The number of carbonyl (C=O) groups excluding carboxylic acids is 2. The van der Waals surface area contributed by atoms with Crippen molar-refractivity contribution in [3.8, 4) is 11.1 Å². The molecule has 0 saturated heterocycles. The third-order valence-electron chi connectivity index (χ3n) is 6.42. The highest BCUT2D eigenvalue weighted by molar-refractivity contribution is 5.96. The van der Waals surface area contributed by atoms with Crippen molar-refractivity contribution in [2.75, 3.05) is 5.32 Å². The zero-order chi connectivity index (χ0) is 23.1. The number of esters is 1. The maximum absolute atomic E-state index is 12.9. The number of nitrogens with zero attached hydrogens (tertiary/aromatic N) is 3. The molecule has 1 aliphatic carbocycles. The average molecular weight is 448 g/mol. The van der Waals surface area contributed by atoms with Gasteiger partial charge in [-0.1, -0.05) is 18.2 Å². The van der Waals surface area contributed by atoms with Crippen LogP contribution in [0.25, 0.3) is 11.1 Å². The van der Waals surface area contributed by atoms with Gasteiger partial charge in [0.05, 0.1) is 5.56 Å². The fourth-order valence-electron chi connectivity index (χ4n) is 4.50. The molecule has 1 aromatic carbocycles. The number of aromatic nitrogens is 3. The molecule has 33 heavy (non-hydrogen) atoms. The minimum absolute atomic E-state index is 0.0582. The maximum Gasteiger partial charge on any atom is 0.341 e. The number of ether oxygens (including phenoxy) is 1. The van der Waals surface area contributed by atoms with E-state index in [0.29, 0.717) is 29.5 Å². The SMILES string of the molecule is O=C1O[C@]2(CC[C@@](O)(C(=O)Nc3ncc(-c4cccc(CF)c4)cn3)CC2)c2ccncc21. The van der Waals surface area contributed by atoms with Crippen LogP contribution in [-0.2, 0) is 21.8 Å². The van der Waals surface area contributed by atoms with Crippen LogP contribution < -0.4 is 5.32 Å². The van der Waals surface area contributed by atoms with E-state index in [4.69, 9.17) is 4.74 Å². The number of nitrogens with one attached hydrogen (secondary N) is 1. The first-order valence-corrected chi connectivity index (χ1v) is 10.6. The molecule has 0 radical (unpaired) electrons. The molecule has 1 amide bonds. The van der Waals surface area contributed by atoms with Gasteiger partial charge in [0.25, 0.3) is 5.91 Å². The fraction of sp³-hybridized carbons (Fsp3) is 0.292. The second-order valence-electron chi connectivity index (χ2n) is 8.42. The Kier molecular flexibility index (Phi) is 5.13. The molecule has 1 fully saturated rings. The number of amides is 1. The number of alkyl halides is 1. The third-order valence-corrected chi connectivity index (χ3v) is 6.42. The summed E-state index contributed by atoms with van der Waals surface area (Å²) >= 11 is 0. The van der Waals surface area contributed by atoms with Gasteiger partial charge in [0, 0.05) is 35.9 Å². The Morgan fingerprint density at radius 3 is 2.58 bits per heavy atom. The van der Waals surface area contributed by atoms with E-state index in [-0.39, 0.29) is 18.8 Å². The predicted octanol–water partition coefficient (Wildman–Crippen LogP) is 3.32. The summed E-state index contributed by atoms with van der Waals surface area (Å²) in [6.07, 6.45) is 6.99. The van der Waals surface area contributed by atoms with Crippen LogP contribution in [0.1, 0.15) is 47.2 Å². The third kappa shape index (κ3) is 3.74. The van der Waals surface area contributed by atoms with E-state index in [0.717, 1.165) is 11.1 Å². The van der Waals surface area contributed by atoms with Crippen LogP contribution in [0.2, 0.25) is 0 Å². The van der Waals surface area contributed by atoms with Crippen LogP contribution in [0.3, 0.4) is 0 Å². The van der Waals surface area contributed by atoms with Crippen molar-refractivity contribution >= 4 is 17.8 Å². The van der Waals surface area contributed by atoms with Crippen LogP contribution in [0.15, 0.2) is 55.1 Å². The van der Waals surface area contributed by atoms with Gasteiger partial charge >= 0.3 is 5.97 Å². The van der Waals surface area contributed by atoms with Crippen molar-refractivity contribution in [1.82, 2.24) is 15.0 Å². The summed E-state index contributed by atoms with van der Waals surface area (Å²) in [6.45, 7) is -0.565. The number of fused-ring (bicyclic) bond motifs is 2. The molecular weight excluding hydrogens is 427 g/mol. The van der Waals surface area contributed by atoms with E-state index in [9.17, 15) is 19.1 Å². The van der Waals surface area contributed by atoms with Crippen molar-refractivity contribution in [3.63, 3.8) is 0 Å². The molecule has 2 N–H and O–H groups in total. The van der Waals surface area contributed by atoms with Gasteiger partial charge in [-0.05, 0) is 48.9 Å². The smallest absolute Gasteiger partial charge is 0.341 e. The first kappa shape index (κ1) is 21.1. The summed E-state index contributed by atoms with van der Waals surface area (Å²) in [4.78, 5) is 37.3. The number of pyridine rings is 1. The molecule has 3 aromatic rings. The standard InChI is InChI=1S/C24H21FN4O4/c25-11-15-2-1-3-16(10-15)17-12-27-22(28-13-17)29-21(31)23(32)5-7-24(8-6-23)19-4-9-26-14-18(19)20(30)33-24/h1-4,9-10,12-14,32H,5-8,11H2,(H,27,28,29,31)/t23-,24-. The number of hydrogen-bond donors (Lipinski definition) is 2. The van der Waals surface area contributed by atoms with Crippen molar-refractivity contribution < 1.29 is 23.8 Å². The molecule has 3 heterocycles. The average Bonchev–Trinajstić information content (AvgIpc) is 3.13. The summed E-state index contributed by atoms with van der Waals surface area (Å²) < 4.78 is 18.6. The monoisotopic (exact) mass is 448 g/mol. The largest absolute Gasteiger partial charge is 0.450 e. The van der Waals surface area contributed by atoms with Crippen molar-refractivity contribution in [2.45, 2.75) is 43.6 Å². The van der Waals surface area contributed by atoms with Gasteiger partial charge in [0.2, 0.25) is 5.95 Å². The van der Waals surface area contributed by atoms with Crippen LogP contribution in [0.4, 0.5) is 10.3 Å². The summed E-state index contributed by atoms with van der Waals surface area (Å²) in [5.41, 5.74) is 0.699. The maximum atomic E-state index is 12.9. The number of anilines is 1. The van der Waals surface area contributed by atoms with Crippen molar-refractivity contribution in [3.05, 3.63) is 71.8 Å². The summed E-state index contributed by atoms with van der Waals surface area (Å²) in [7, 11) is 0. The van der Waals surface area contributed by atoms with Crippen LogP contribution in [0.5, 0.6) is 0 Å². The number of hydrogen-bond acceptors (Lipinski definition) is 7.